The standard InChI is InChI=1S/C19H37F3N4O/c1-6-23-17(25-13-16(27-5)18(2,3)4)24-10-7-15-8-11-26(12-9-15)14-19(20,21)22/h15-16H,6-14H2,1-5H3,(H2,23,24,25). The van der Waals surface area contributed by atoms with Crippen LogP contribution in [0.1, 0.15) is 47.0 Å². The first-order chi connectivity index (χ1) is 12.5. The molecular formula is C19H37F3N4O. The molecule has 5 nitrogen and oxygen atoms in total. The predicted octanol–water partition coefficient (Wildman–Crippen LogP) is 3.27. The van der Waals surface area contributed by atoms with Crippen molar-refractivity contribution in [3.05, 3.63) is 0 Å². The molecule has 1 saturated heterocycles. The van der Waals surface area contributed by atoms with Crippen molar-refractivity contribution in [1.82, 2.24) is 15.5 Å². The highest BCUT2D eigenvalue weighted by Gasteiger charge is 2.32. The van der Waals surface area contributed by atoms with E-state index in [9.17, 15) is 13.2 Å². The summed E-state index contributed by atoms with van der Waals surface area (Å²) in [7, 11) is 1.71. The Morgan fingerprint density at radius 2 is 1.81 bits per heavy atom. The molecule has 0 aromatic heterocycles. The van der Waals surface area contributed by atoms with Gasteiger partial charge in [-0.25, -0.2) is 0 Å². The van der Waals surface area contributed by atoms with Crippen LogP contribution in [-0.2, 0) is 4.74 Å². The number of rotatable bonds is 8. The first-order valence-electron chi connectivity index (χ1n) is 9.89. The third-order valence-corrected chi connectivity index (χ3v) is 4.96. The van der Waals surface area contributed by atoms with Crippen molar-refractivity contribution >= 4 is 5.96 Å². The minimum Gasteiger partial charge on any atom is -0.379 e. The van der Waals surface area contributed by atoms with Gasteiger partial charge in [-0.1, -0.05) is 20.8 Å². The molecule has 0 amide bonds. The largest absolute Gasteiger partial charge is 0.401 e. The maximum Gasteiger partial charge on any atom is 0.401 e. The van der Waals surface area contributed by atoms with Gasteiger partial charge >= 0.3 is 6.18 Å². The number of alkyl halides is 3. The number of piperidine rings is 1. The number of ether oxygens (including phenoxy) is 1. The van der Waals surface area contributed by atoms with Gasteiger partial charge in [-0.05, 0) is 50.6 Å². The lowest BCUT2D eigenvalue weighted by molar-refractivity contribution is -0.148. The summed E-state index contributed by atoms with van der Waals surface area (Å²) in [4.78, 5) is 6.13. The summed E-state index contributed by atoms with van der Waals surface area (Å²) >= 11 is 0. The molecule has 160 valence electrons. The summed E-state index contributed by atoms with van der Waals surface area (Å²) in [5, 5.41) is 6.57. The monoisotopic (exact) mass is 394 g/mol. The van der Waals surface area contributed by atoms with Gasteiger partial charge in [0.2, 0.25) is 0 Å². The van der Waals surface area contributed by atoms with E-state index in [0.29, 0.717) is 25.6 Å². The van der Waals surface area contributed by atoms with E-state index in [1.54, 1.807) is 7.11 Å². The third-order valence-electron chi connectivity index (χ3n) is 4.96. The van der Waals surface area contributed by atoms with Gasteiger partial charge < -0.3 is 15.4 Å². The van der Waals surface area contributed by atoms with Crippen LogP contribution in [0.25, 0.3) is 0 Å². The molecule has 1 unspecified atom stereocenters. The van der Waals surface area contributed by atoms with Gasteiger partial charge in [-0.15, -0.1) is 0 Å². The topological polar surface area (TPSA) is 48.9 Å². The number of hydrogen-bond acceptors (Lipinski definition) is 3. The van der Waals surface area contributed by atoms with Crippen LogP contribution in [0, 0.1) is 11.3 Å². The van der Waals surface area contributed by atoms with Crippen LogP contribution >= 0.6 is 0 Å². The molecule has 8 heteroatoms. The first kappa shape index (κ1) is 24.0. The smallest absolute Gasteiger partial charge is 0.379 e. The van der Waals surface area contributed by atoms with Crippen LogP contribution in [-0.4, -0.2) is 69.5 Å². The van der Waals surface area contributed by atoms with Crippen molar-refractivity contribution in [3.8, 4) is 0 Å². The van der Waals surface area contributed by atoms with Crippen molar-refractivity contribution in [1.29, 1.82) is 0 Å². The number of likely N-dealkylation sites (tertiary alicyclic amines) is 1. The summed E-state index contributed by atoms with van der Waals surface area (Å²) in [5.41, 5.74) is 0.0139. The highest BCUT2D eigenvalue weighted by molar-refractivity contribution is 5.79. The minimum absolute atomic E-state index is 0.0139. The van der Waals surface area contributed by atoms with E-state index >= 15 is 0 Å². The number of hydrogen-bond donors (Lipinski definition) is 2. The summed E-state index contributed by atoms with van der Waals surface area (Å²) in [6.07, 6.45) is -1.48. The van der Waals surface area contributed by atoms with Gasteiger partial charge in [-0.3, -0.25) is 9.89 Å². The van der Waals surface area contributed by atoms with Crippen molar-refractivity contribution in [2.45, 2.75) is 59.2 Å². The van der Waals surface area contributed by atoms with Crippen LogP contribution in [0.2, 0.25) is 0 Å². The van der Waals surface area contributed by atoms with Gasteiger partial charge in [0.1, 0.15) is 0 Å². The van der Waals surface area contributed by atoms with Gasteiger partial charge in [0.15, 0.2) is 5.96 Å². The van der Waals surface area contributed by atoms with E-state index in [2.05, 4.69) is 36.4 Å². The fourth-order valence-corrected chi connectivity index (χ4v) is 3.30. The Balaban J connectivity index is 2.38. The number of methoxy groups -OCH3 is 1. The first-order valence-corrected chi connectivity index (χ1v) is 9.89. The zero-order chi connectivity index (χ0) is 20.5. The normalized spacial score (nSPS) is 19.2. The summed E-state index contributed by atoms with van der Waals surface area (Å²) < 4.78 is 42.9. The Hall–Kier alpha value is -1.02. The molecule has 2 N–H and O–H groups in total. The van der Waals surface area contributed by atoms with E-state index in [1.807, 2.05) is 6.92 Å². The molecule has 0 aromatic rings. The van der Waals surface area contributed by atoms with Gasteiger partial charge in [0.05, 0.1) is 19.2 Å². The van der Waals surface area contributed by atoms with Gasteiger partial charge in [0.25, 0.3) is 0 Å². The molecule has 1 rings (SSSR count). The average Bonchev–Trinajstić information content (AvgIpc) is 2.54. The van der Waals surface area contributed by atoms with E-state index < -0.39 is 12.7 Å². The average molecular weight is 395 g/mol. The molecular weight excluding hydrogens is 357 g/mol. The van der Waals surface area contributed by atoms with Crippen LogP contribution in [0.4, 0.5) is 13.2 Å². The van der Waals surface area contributed by atoms with Crippen LogP contribution < -0.4 is 10.6 Å². The van der Waals surface area contributed by atoms with Gasteiger partial charge in [-0.2, -0.15) is 13.2 Å². The second-order valence-corrected chi connectivity index (χ2v) is 8.36. The molecule has 1 atom stereocenters. The molecule has 1 aliphatic rings. The molecule has 0 spiro atoms. The summed E-state index contributed by atoms with van der Waals surface area (Å²) in [6, 6.07) is 0. The zero-order valence-electron chi connectivity index (χ0n) is 17.5. The van der Waals surface area contributed by atoms with Crippen molar-refractivity contribution in [3.63, 3.8) is 0 Å². The molecule has 1 heterocycles. The van der Waals surface area contributed by atoms with Crippen LogP contribution in [0.3, 0.4) is 0 Å². The molecule has 0 aromatic carbocycles. The Kier molecular flexibility index (Phi) is 9.87. The van der Waals surface area contributed by atoms with E-state index in [0.717, 1.165) is 38.3 Å². The Morgan fingerprint density at radius 1 is 1.19 bits per heavy atom. The second-order valence-electron chi connectivity index (χ2n) is 8.36. The summed E-state index contributed by atoms with van der Waals surface area (Å²) in [5.74, 6) is 1.23. The van der Waals surface area contributed by atoms with Crippen molar-refractivity contribution in [2.24, 2.45) is 16.3 Å². The minimum atomic E-state index is -4.10. The lowest BCUT2D eigenvalue weighted by Crippen LogP contribution is -2.42. The molecule has 0 radical (unpaired) electrons. The Labute approximate surface area is 162 Å². The third kappa shape index (κ3) is 10.2. The fourth-order valence-electron chi connectivity index (χ4n) is 3.30. The van der Waals surface area contributed by atoms with E-state index in [1.165, 1.54) is 4.90 Å². The quantitative estimate of drug-likeness (QED) is 0.490. The number of nitrogens with one attached hydrogen (secondary N) is 2. The number of halogens is 3. The van der Waals surface area contributed by atoms with E-state index in [-0.39, 0.29) is 11.5 Å². The highest BCUT2D eigenvalue weighted by Crippen LogP contribution is 2.24. The Morgan fingerprint density at radius 3 is 2.30 bits per heavy atom. The number of nitrogens with zero attached hydrogens (tertiary/aromatic N) is 2. The lowest BCUT2D eigenvalue weighted by atomic mass is 9.89. The number of guanidine groups is 1. The SMILES string of the molecule is CCNC(=NCC(OC)C(C)(C)C)NCCC1CCN(CC(F)(F)F)CC1. The summed E-state index contributed by atoms with van der Waals surface area (Å²) in [6.45, 7) is 10.8. The molecule has 0 saturated carbocycles. The second kappa shape index (κ2) is 11.1. The Bertz CT molecular complexity index is 441. The fraction of sp³-hybridized carbons (Fsp3) is 0.947. The molecule has 0 bridgehead atoms. The van der Waals surface area contributed by atoms with Gasteiger partial charge in [0, 0.05) is 20.2 Å². The number of aliphatic imine (C=N–C) groups is 1. The van der Waals surface area contributed by atoms with Crippen LogP contribution in [0.15, 0.2) is 4.99 Å². The maximum absolute atomic E-state index is 12.4. The molecule has 27 heavy (non-hydrogen) atoms. The molecule has 0 aliphatic carbocycles. The molecule has 1 aliphatic heterocycles. The van der Waals surface area contributed by atoms with E-state index in [4.69, 9.17) is 4.74 Å². The van der Waals surface area contributed by atoms with Crippen molar-refractivity contribution < 1.29 is 17.9 Å². The lowest BCUT2D eigenvalue weighted by Gasteiger charge is -2.32. The van der Waals surface area contributed by atoms with Crippen molar-refractivity contribution in [2.75, 3.05) is 46.4 Å². The highest BCUT2D eigenvalue weighted by atomic mass is 19.4. The molecule has 1 fully saturated rings. The zero-order valence-corrected chi connectivity index (χ0v) is 17.5. The maximum atomic E-state index is 12.4. The van der Waals surface area contributed by atoms with Crippen LogP contribution in [0.5, 0.6) is 0 Å². The predicted molar refractivity (Wildman–Crippen MR) is 104 cm³/mol.